The molecular formula is C14H13F3N4O4. The number of nitrogens with zero attached hydrogens (tertiary/aromatic N) is 3. The topological polar surface area (TPSA) is 110 Å². The molecule has 2 N–H and O–H groups in total. The molecule has 0 aliphatic heterocycles. The van der Waals surface area contributed by atoms with E-state index >= 15 is 0 Å². The van der Waals surface area contributed by atoms with E-state index in [1.807, 2.05) is 0 Å². The molecule has 0 unspecified atom stereocenters. The molecule has 0 saturated carbocycles. The summed E-state index contributed by atoms with van der Waals surface area (Å²) in [5.41, 5.74) is 0.558. The SMILES string of the molecule is O=C(NC/C=N/OCCO)c1ccc(-c2noc(C(F)(F)F)n2)cc1. The van der Waals surface area contributed by atoms with Crippen molar-refractivity contribution in [3.8, 4) is 11.4 Å². The van der Waals surface area contributed by atoms with Crippen molar-refractivity contribution in [2.45, 2.75) is 6.18 Å². The molecule has 1 aromatic heterocycles. The summed E-state index contributed by atoms with van der Waals surface area (Å²) in [6.07, 6.45) is -3.41. The maximum atomic E-state index is 12.4. The van der Waals surface area contributed by atoms with E-state index < -0.39 is 18.0 Å². The average Bonchev–Trinajstić information content (AvgIpc) is 3.08. The van der Waals surface area contributed by atoms with E-state index in [4.69, 9.17) is 5.11 Å². The Morgan fingerprint density at radius 3 is 2.68 bits per heavy atom. The second kappa shape index (κ2) is 8.24. The molecule has 0 bridgehead atoms. The third-order valence-corrected chi connectivity index (χ3v) is 2.76. The first-order valence-electron chi connectivity index (χ1n) is 6.96. The third kappa shape index (κ3) is 5.28. The fraction of sp³-hybridized carbons (Fsp3) is 0.286. The van der Waals surface area contributed by atoms with E-state index in [-0.39, 0.29) is 36.7 Å². The molecule has 1 amide bonds. The smallest absolute Gasteiger partial charge is 0.394 e. The molecular weight excluding hydrogens is 345 g/mol. The van der Waals surface area contributed by atoms with Crippen LogP contribution >= 0.6 is 0 Å². The summed E-state index contributed by atoms with van der Waals surface area (Å²) in [5, 5.41) is 17.7. The number of hydrogen-bond acceptors (Lipinski definition) is 7. The van der Waals surface area contributed by atoms with Gasteiger partial charge < -0.3 is 19.8 Å². The zero-order chi connectivity index (χ0) is 18.3. The zero-order valence-corrected chi connectivity index (χ0v) is 12.7. The van der Waals surface area contributed by atoms with Crippen LogP contribution in [0.3, 0.4) is 0 Å². The van der Waals surface area contributed by atoms with Gasteiger partial charge in [-0.2, -0.15) is 18.2 Å². The number of aliphatic hydroxyl groups excluding tert-OH is 1. The minimum Gasteiger partial charge on any atom is -0.394 e. The van der Waals surface area contributed by atoms with Gasteiger partial charge in [0.05, 0.1) is 19.4 Å². The Labute approximate surface area is 139 Å². The Morgan fingerprint density at radius 1 is 1.36 bits per heavy atom. The molecule has 0 fully saturated rings. The molecule has 1 heterocycles. The van der Waals surface area contributed by atoms with Crippen molar-refractivity contribution in [2.24, 2.45) is 5.16 Å². The molecule has 134 valence electrons. The molecule has 0 aliphatic carbocycles. The van der Waals surface area contributed by atoms with Gasteiger partial charge in [0, 0.05) is 11.1 Å². The summed E-state index contributed by atoms with van der Waals surface area (Å²) in [4.78, 5) is 19.8. The van der Waals surface area contributed by atoms with Gasteiger partial charge in [-0.3, -0.25) is 4.79 Å². The van der Waals surface area contributed by atoms with E-state index in [9.17, 15) is 18.0 Å². The van der Waals surface area contributed by atoms with E-state index in [1.165, 1.54) is 30.5 Å². The van der Waals surface area contributed by atoms with Crippen molar-refractivity contribution in [1.29, 1.82) is 0 Å². The number of hydrogen-bond donors (Lipinski definition) is 2. The van der Waals surface area contributed by atoms with Crippen molar-refractivity contribution in [3.05, 3.63) is 35.7 Å². The van der Waals surface area contributed by atoms with Gasteiger partial charge in [-0.25, -0.2) is 0 Å². The number of halogens is 3. The summed E-state index contributed by atoms with van der Waals surface area (Å²) in [6.45, 7) is -0.00920. The number of benzene rings is 1. The molecule has 11 heteroatoms. The minimum absolute atomic E-state index is 0.0536. The van der Waals surface area contributed by atoms with Crippen LogP contribution in [-0.4, -0.2) is 47.1 Å². The summed E-state index contributed by atoms with van der Waals surface area (Å²) in [5.74, 6) is -2.08. The second-order valence-corrected chi connectivity index (χ2v) is 4.55. The van der Waals surface area contributed by atoms with Gasteiger partial charge in [-0.05, 0) is 12.1 Å². The number of aliphatic hydroxyl groups is 1. The van der Waals surface area contributed by atoms with Gasteiger partial charge in [0.25, 0.3) is 5.91 Å². The van der Waals surface area contributed by atoms with Gasteiger partial charge in [0.2, 0.25) is 5.82 Å². The lowest BCUT2D eigenvalue weighted by molar-refractivity contribution is -0.159. The van der Waals surface area contributed by atoms with Crippen LogP contribution in [0, 0.1) is 0 Å². The van der Waals surface area contributed by atoms with Gasteiger partial charge >= 0.3 is 12.1 Å². The largest absolute Gasteiger partial charge is 0.471 e. The van der Waals surface area contributed by atoms with Gasteiger partial charge in [-0.15, -0.1) is 0 Å². The van der Waals surface area contributed by atoms with E-state index in [2.05, 4.69) is 30.0 Å². The van der Waals surface area contributed by atoms with Crippen LogP contribution in [0.2, 0.25) is 0 Å². The third-order valence-electron chi connectivity index (χ3n) is 2.76. The monoisotopic (exact) mass is 358 g/mol. The first-order valence-corrected chi connectivity index (χ1v) is 6.96. The summed E-state index contributed by atoms with van der Waals surface area (Å²) >= 11 is 0. The Balaban J connectivity index is 1.94. The highest BCUT2D eigenvalue weighted by Gasteiger charge is 2.38. The Bertz CT molecular complexity index is 728. The standard InChI is InChI=1S/C14H13F3N4O4/c15-14(16,17)13-20-11(21-25-13)9-1-3-10(4-2-9)12(23)18-5-6-19-24-8-7-22/h1-4,6,22H,5,7-8H2,(H,18,23)/b19-6+. The predicted molar refractivity (Wildman–Crippen MR) is 78.6 cm³/mol. The van der Waals surface area contributed by atoms with Crippen molar-refractivity contribution in [3.63, 3.8) is 0 Å². The molecule has 1 aromatic carbocycles. The van der Waals surface area contributed by atoms with Crippen LogP contribution in [0.4, 0.5) is 13.2 Å². The second-order valence-electron chi connectivity index (χ2n) is 4.55. The van der Waals surface area contributed by atoms with Crippen LogP contribution in [0.1, 0.15) is 16.2 Å². The van der Waals surface area contributed by atoms with Crippen LogP contribution in [-0.2, 0) is 11.0 Å². The molecule has 25 heavy (non-hydrogen) atoms. The minimum atomic E-state index is -4.71. The van der Waals surface area contributed by atoms with Crippen molar-refractivity contribution in [2.75, 3.05) is 19.8 Å². The number of carbonyl (C=O) groups is 1. The van der Waals surface area contributed by atoms with Gasteiger partial charge in [0.1, 0.15) is 6.61 Å². The maximum Gasteiger partial charge on any atom is 0.471 e. The maximum absolute atomic E-state index is 12.4. The fourth-order valence-corrected chi connectivity index (χ4v) is 1.65. The molecule has 0 radical (unpaired) electrons. The molecule has 8 nitrogen and oxygen atoms in total. The van der Waals surface area contributed by atoms with Crippen LogP contribution in [0.25, 0.3) is 11.4 Å². The van der Waals surface area contributed by atoms with Crippen molar-refractivity contribution in [1.82, 2.24) is 15.5 Å². The highest BCUT2D eigenvalue weighted by molar-refractivity contribution is 5.95. The number of amides is 1. The number of alkyl halides is 3. The normalized spacial score (nSPS) is 11.7. The molecule has 0 spiro atoms. The molecule has 0 aliphatic rings. The van der Waals surface area contributed by atoms with Gasteiger partial charge in [-0.1, -0.05) is 22.4 Å². The molecule has 0 atom stereocenters. The first-order chi connectivity index (χ1) is 11.9. The first kappa shape index (κ1) is 18.4. The molecule has 2 aromatic rings. The van der Waals surface area contributed by atoms with Crippen molar-refractivity contribution < 1.29 is 32.4 Å². The van der Waals surface area contributed by atoms with Crippen LogP contribution in [0.5, 0.6) is 0 Å². The molecule has 2 rings (SSSR count). The summed E-state index contributed by atoms with van der Waals surface area (Å²) in [6, 6.07) is 5.62. The van der Waals surface area contributed by atoms with Crippen LogP contribution in [0.15, 0.2) is 33.9 Å². The summed E-state index contributed by atoms with van der Waals surface area (Å²) < 4.78 is 41.4. The summed E-state index contributed by atoms with van der Waals surface area (Å²) in [7, 11) is 0. The highest BCUT2D eigenvalue weighted by Crippen LogP contribution is 2.29. The highest BCUT2D eigenvalue weighted by atomic mass is 19.4. The van der Waals surface area contributed by atoms with E-state index in [0.717, 1.165) is 0 Å². The van der Waals surface area contributed by atoms with Crippen molar-refractivity contribution >= 4 is 12.1 Å². The molecule has 0 saturated heterocycles. The number of rotatable bonds is 7. The lowest BCUT2D eigenvalue weighted by atomic mass is 10.1. The van der Waals surface area contributed by atoms with E-state index in [1.54, 1.807) is 0 Å². The zero-order valence-electron chi connectivity index (χ0n) is 12.7. The Morgan fingerprint density at radius 2 is 2.08 bits per heavy atom. The van der Waals surface area contributed by atoms with Gasteiger partial charge in [0.15, 0.2) is 0 Å². The number of carbonyl (C=O) groups excluding carboxylic acids is 1. The predicted octanol–water partition coefficient (Wildman–Crippen LogP) is 1.48. The fourth-order valence-electron chi connectivity index (χ4n) is 1.65. The number of oxime groups is 1. The van der Waals surface area contributed by atoms with Crippen LogP contribution < -0.4 is 5.32 Å². The number of nitrogens with one attached hydrogen (secondary N) is 1. The Hall–Kier alpha value is -2.95. The Kier molecular flexibility index (Phi) is 6.06. The lowest BCUT2D eigenvalue weighted by Crippen LogP contribution is -2.25. The average molecular weight is 358 g/mol. The number of aromatic nitrogens is 2. The van der Waals surface area contributed by atoms with E-state index in [0.29, 0.717) is 0 Å². The quantitative estimate of drug-likeness (QED) is 0.441. The lowest BCUT2D eigenvalue weighted by Gasteiger charge is -2.02.